The average molecular weight is 320 g/mol. The van der Waals surface area contributed by atoms with Crippen LogP contribution in [0.25, 0.3) is 11.4 Å². The predicted molar refractivity (Wildman–Crippen MR) is 85.5 cm³/mol. The van der Waals surface area contributed by atoms with Crippen molar-refractivity contribution in [1.82, 2.24) is 19.7 Å². The second kappa shape index (κ2) is 5.46. The topological polar surface area (TPSA) is 69.6 Å². The van der Waals surface area contributed by atoms with Crippen LogP contribution in [0.5, 0.6) is 0 Å². The van der Waals surface area contributed by atoms with E-state index in [1.54, 1.807) is 22.1 Å². The molecule has 5 nitrogen and oxygen atoms in total. The molecule has 0 aliphatic carbocycles. The Morgan fingerprint density at radius 2 is 2.14 bits per heavy atom. The molecule has 0 saturated heterocycles. The molecule has 0 aliphatic rings. The third-order valence-electron chi connectivity index (χ3n) is 3.02. The van der Waals surface area contributed by atoms with E-state index >= 15 is 0 Å². The summed E-state index contributed by atoms with van der Waals surface area (Å²) in [5.41, 5.74) is 8.20. The lowest BCUT2D eigenvalue weighted by Gasteiger charge is -2.02. The van der Waals surface area contributed by atoms with Gasteiger partial charge in [-0.3, -0.25) is 4.68 Å². The number of anilines is 1. The van der Waals surface area contributed by atoms with E-state index in [1.165, 1.54) is 9.75 Å². The van der Waals surface area contributed by atoms with Crippen molar-refractivity contribution in [2.75, 3.05) is 5.73 Å². The van der Waals surface area contributed by atoms with Crippen LogP contribution < -0.4 is 5.73 Å². The maximum absolute atomic E-state index is 5.96. The summed E-state index contributed by atoms with van der Waals surface area (Å²) in [4.78, 5) is 10.7. The lowest BCUT2D eigenvalue weighted by Crippen LogP contribution is -1.98. The van der Waals surface area contributed by atoms with Crippen molar-refractivity contribution in [3.8, 4) is 11.4 Å². The van der Waals surface area contributed by atoms with Gasteiger partial charge in [0.2, 0.25) is 5.95 Å². The van der Waals surface area contributed by atoms with Gasteiger partial charge in [-0.25, -0.2) is 9.97 Å². The maximum Gasteiger partial charge on any atom is 0.222 e. The van der Waals surface area contributed by atoms with Gasteiger partial charge in [-0.05, 0) is 19.1 Å². The summed E-state index contributed by atoms with van der Waals surface area (Å²) in [5, 5.41) is 4.80. The van der Waals surface area contributed by atoms with E-state index in [9.17, 15) is 0 Å². The van der Waals surface area contributed by atoms with Crippen LogP contribution in [0.2, 0.25) is 5.15 Å². The molecule has 0 radical (unpaired) electrons. The van der Waals surface area contributed by atoms with E-state index < -0.39 is 0 Å². The van der Waals surface area contributed by atoms with Crippen LogP contribution in [-0.4, -0.2) is 19.7 Å². The van der Waals surface area contributed by atoms with Crippen LogP contribution in [-0.2, 0) is 13.5 Å². The molecule has 0 spiro atoms. The van der Waals surface area contributed by atoms with Gasteiger partial charge in [-0.1, -0.05) is 11.6 Å². The monoisotopic (exact) mass is 319 g/mol. The zero-order valence-electron chi connectivity index (χ0n) is 11.7. The highest BCUT2D eigenvalue weighted by Crippen LogP contribution is 2.27. The number of halogens is 1. The first-order valence-electron chi connectivity index (χ1n) is 6.39. The Kier molecular flexibility index (Phi) is 3.65. The highest BCUT2D eigenvalue weighted by Gasteiger charge is 2.14. The van der Waals surface area contributed by atoms with E-state index in [1.807, 2.05) is 13.2 Å². The predicted octanol–water partition coefficient (Wildman–Crippen LogP) is 3.07. The summed E-state index contributed by atoms with van der Waals surface area (Å²) >= 11 is 7.74. The molecule has 3 heterocycles. The van der Waals surface area contributed by atoms with Gasteiger partial charge in [-0.2, -0.15) is 5.10 Å². The third kappa shape index (κ3) is 3.06. The smallest absolute Gasteiger partial charge is 0.222 e. The molecule has 108 valence electrons. The SMILES string of the molecule is Cc1ccc(Cc2cn(C)nc2-c2cc(Cl)nc(N)n2)s1. The zero-order chi connectivity index (χ0) is 15.0. The van der Waals surface area contributed by atoms with Crippen molar-refractivity contribution in [3.05, 3.63) is 44.9 Å². The molecule has 0 atom stereocenters. The summed E-state index contributed by atoms with van der Waals surface area (Å²) < 4.78 is 1.78. The molecule has 7 heteroatoms. The molecule has 3 rings (SSSR count). The number of rotatable bonds is 3. The Bertz CT molecular complexity index is 772. The molecule has 0 fully saturated rings. The van der Waals surface area contributed by atoms with E-state index in [2.05, 4.69) is 34.1 Å². The van der Waals surface area contributed by atoms with Crippen LogP contribution >= 0.6 is 22.9 Å². The molecule has 0 saturated carbocycles. The van der Waals surface area contributed by atoms with Crippen molar-refractivity contribution >= 4 is 28.9 Å². The molecule has 0 amide bonds. The van der Waals surface area contributed by atoms with Crippen molar-refractivity contribution in [1.29, 1.82) is 0 Å². The second-order valence-electron chi connectivity index (χ2n) is 4.80. The highest BCUT2D eigenvalue weighted by molar-refractivity contribution is 7.11. The molecule has 0 unspecified atom stereocenters. The minimum atomic E-state index is 0.154. The van der Waals surface area contributed by atoms with Gasteiger partial charge >= 0.3 is 0 Å². The first-order valence-corrected chi connectivity index (χ1v) is 7.59. The van der Waals surface area contributed by atoms with Gasteiger partial charge in [0.1, 0.15) is 10.8 Å². The number of aromatic nitrogens is 4. The number of nitrogen functional groups attached to an aromatic ring is 1. The maximum atomic E-state index is 5.96. The number of nitrogens with two attached hydrogens (primary N) is 1. The summed E-state index contributed by atoms with van der Waals surface area (Å²) in [6, 6.07) is 5.94. The minimum absolute atomic E-state index is 0.154. The van der Waals surface area contributed by atoms with E-state index in [0.29, 0.717) is 10.8 Å². The van der Waals surface area contributed by atoms with Crippen LogP contribution in [0, 0.1) is 6.92 Å². The summed E-state index contributed by atoms with van der Waals surface area (Å²) in [6.45, 7) is 2.10. The normalized spacial score (nSPS) is 11.0. The Balaban J connectivity index is 2.02. The van der Waals surface area contributed by atoms with Crippen molar-refractivity contribution in [2.24, 2.45) is 7.05 Å². The molecule has 0 aliphatic heterocycles. The van der Waals surface area contributed by atoms with Gasteiger partial charge in [0.25, 0.3) is 0 Å². The van der Waals surface area contributed by atoms with E-state index in [4.69, 9.17) is 17.3 Å². The zero-order valence-corrected chi connectivity index (χ0v) is 13.2. The molecular weight excluding hydrogens is 306 g/mol. The number of thiophene rings is 1. The van der Waals surface area contributed by atoms with Crippen molar-refractivity contribution in [2.45, 2.75) is 13.3 Å². The quantitative estimate of drug-likeness (QED) is 0.753. The fourth-order valence-corrected chi connectivity index (χ4v) is 3.31. The van der Waals surface area contributed by atoms with E-state index in [0.717, 1.165) is 17.7 Å². The molecule has 21 heavy (non-hydrogen) atoms. The fourth-order valence-electron chi connectivity index (χ4n) is 2.21. The molecule has 0 aromatic carbocycles. The Hall–Kier alpha value is -1.92. The average Bonchev–Trinajstić information content (AvgIpc) is 2.95. The second-order valence-corrected chi connectivity index (χ2v) is 6.56. The largest absolute Gasteiger partial charge is 0.368 e. The summed E-state index contributed by atoms with van der Waals surface area (Å²) in [6.07, 6.45) is 2.81. The number of aryl methyl sites for hydroxylation is 2. The molecular formula is C14H14ClN5S. The third-order valence-corrected chi connectivity index (χ3v) is 4.21. The van der Waals surface area contributed by atoms with Crippen LogP contribution in [0.15, 0.2) is 24.4 Å². The lowest BCUT2D eigenvalue weighted by molar-refractivity contribution is 0.769. The van der Waals surface area contributed by atoms with Crippen molar-refractivity contribution in [3.63, 3.8) is 0 Å². The van der Waals surface area contributed by atoms with Gasteiger partial charge in [-0.15, -0.1) is 11.3 Å². The van der Waals surface area contributed by atoms with Crippen LogP contribution in [0.4, 0.5) is 5.95 Å². The van der Waals surface area contributed by atoms with Gasteiger partial charge < -0.3 is 5.73 Å². The Morgan fingerprint density at radius 1 is 1.33 bits per heavy atom. The fraction of sp³-hybridized carbons (Fsp3) is 0.214. The first kappa shape index (κ1) is 14.0. The lowest BCUT2D eigenvalue weighted by atomic mass is 10.1. The highest BCUT2D eigenvalue weighted by atomic mass is 35.5. The Morgan fingerprint density at radius 3 is 2.81 bits per heavy atom. The molecule has 2 N–H and O–H groups in total. The van der Waals surface area contributed by atoms with Crippen LogP contribution in [0.1, 0.15) is 15.3 Å². The van der Waals surface area contributed by atoms with E-state index in [-0.39, 0.29) is 5.95 Å². The molecule has 0 bridgehead atoms. The number of hydrogen-bond acceptors (Lipinski definition) is 5. The van der Waals surface area contributed by atoms with Crippen LogP contribution in [0.3, 0.4) is 0 Å². The standard InChI is InChI=1S/C14H14ClN5S/c1-8-3-4-10(21-8)5-9-7-20(2)19-13(9)11-6-12(15)18-14(16)17-11/h3-4,6-7H,5H2,1-2H3,(H2,16,17,18). The number of nitrogens with zero attached hydrogens (tertiary/aromatic N) is 4. The number of hydrogen-bond donors (Lipinski definition) is 1. The van der Waals surface area contributed by atoms with Crippen molar-refractivity contribution < 1.29 is 0 Å². The minimum Gasteiger partial charge on any atom is -0.368 e. The summed E-state index contributed by atoms with van der Waals surface area (Å²) in [7, 11) is 1.89. The molecule has 3 aromatic rings. The van der Waals surface area contributed by atoms with Gasteiger partial charge in [0, 0.05) is 41.0 Å². The summed E-state index contributed by atoms with van der Waals surface area (Å²) in [5.74, 6) is 0.154. The Labute approximate surface area is 131 Å². The van der Waals surface area contributed by atoms with Gasteiger partial charge in [0.15, 0.2) is 0 Å². The van der Waals surface area contributed by atoms with Gasteiger partial charge in [0.05, 0.1) is 5.69 Å². The first-order chi connectivity index (χ1) is 10.0. The molecule has 3 aromatic heterocycles.